The molecule has 0 radical (unpaired) electrons. The normalized spacial score (nSPS) is 35.0. The van der Waals surface area contributed by atoms with E-state index in [0.29, 0.717) is 12.8 Å². The standard InChI is InChI=1S/C35H44N4O4/c1-30(2)32(5)15-17-34(30,20-26(32)38-42)28(40)36-24-11-7-22(8-12-24)19-23-9-13-25(14-10-23)37-29(41)35-18-16-33(6,31(35,3)4)27(21-35)39-43/h7-14,42-43H,15-21H2,1-6H3,(H,36,40)(H,37,41)/b38-26+,39-27+. The Morgan fingerprint density at radius 1 is 0.628 bits per heavy atom. The SMILES string of the molecule is CC12CCC(C(=O)Nc3ccc(Cc4ccc(NC(=O)C56CCC(C)(/C(=N/O)C5)C6(C)C)cc4)cc3)(C/C1=N\O)C2(C)C. The monoisotopic (exact) mass is 584 g/mol. The molecule has 4 N–H and O–H groups in total. The van der Waals surface area contributed by atoms with Crippen molar-refractivity contribution in [3.63, 3.8) is 0 Å². The summed E-state index contributed by atoms with van der Waals surface area (Å²) in [7, 11) is 0. The van der Waals surface area contributed by atoms with Crippen molar-refractivity contribution in [2.45, 2.75) is 86.5 Å². The molecule has 4 fully saturated rings. The molecule has 4 aliphatic rings. The van der Waals surface area contributed by atoms with E-state index in [2.05, 4.69) is 62.5 Å². The first-order chi connectivity index (χ1) is 20.2. The Bertz CT molecular complexity index is 1430. The number of hydrogen-bond acceptors (Lipinski definition) is 6. The van der Waals surface area contributed by atoms with Gasteiger partial charge in [0.2, 0.25) is 11.8 Å². The van der Waals surface area contributed by atoms with Gasteiger partial charge in [0.1, 0.15) is 0 Å². The third-order valence-corrected chi connectivity index (χ3v) is 13.4. The van der Waals surface area contributed by atoms with E-state index in [9.17, 15) is 20.0 Å². The molecule has 0 heterocycles. The highest BCUT2D eigenvalue weighted by Gasteiger charge is 2.72. The van der Waals surface area contributed by atoms with Crippen LogP contribution in [0.2, 0.25) is 0 Å². The second-order valence-electron chi connectivity index (χ2n) is 15.0. The molecule has 2 amide bonds. The fourth-order valence-electron chi connectivity index (χ4n) is 9.22. The fourth-order valence-corrected chi connectivity index (χ4v) is 9.22. The quantitative estimate of drug-likeness (QED) is 0.211. The van der Waals surface area contributed by atoms with Crippen molar-refractivity contribution in [2.75, 3.05) is 10.6 Å². The highest BCUT2D eigenvalue weighted by molar-refractivity contribution is 6.07. The Balaban J connectivity index is 1.09. The van der Waals surface area contributed by atoms with Gasteiger partial charge in [0.05, 0.1) is 22.3 Å². The van der Waals surface area contributed by atoms with Crippen molar-refractivity contribution in [3.8, 4) is 0 Å². The molecule has 0 spiro atoms. The highest BCUT2D eigenvalue weighted by atomic mass is 16.4. The van der Waals surface area contributed by atoms with E-state index in [1.807, 2.05) is 48.5 Å². The minimum Gasteiger partial charge on any atom is -0.411 e. The molecule has 8 heteroatoms. The summed E-state index contributed by atoms with van der Waals surface area (Å²) in [6.45, 7) is 12.7. The van der Waals surface area contributed by atoms with E-state index in [1.165, 1.54) is 0 Å². The van der Waals surface area contributed by atoms with Gasteiger partial charge >= 0.3 is 0 Å². The zero-order valence-electron chi connectivity index (χ0n) is 26.2. The Morgan fingerprint density at radius 3 is 1.28 bits per heavy atom. The van der Waals surface area contributed by atoms with Crippen molar-refractivity contribution in [1.82, 2.24) is 0 Å². The minimum atomic E-state index is -0.585. The van der Waals surface area contributed by atoms with Crippen LogP contribution in [-0.4, -0.2) is 33.7 Å². The fraction of sp³-hybridized carbons (Fsp3) is 0.543. The number of carbonyl (C=O) groups is 2. The first-order valence-electron chi connectivity index (χ1n) is 15.4. The maximum Gasteiger partial charge on any atom is 0.231 e. The molecule has 4 aliphatic carbocycles. The summed E-state index contributed by atoms with van der Waals surface area (Å²) < 4.78 is 0. The molecule has 8 nitrogen and oxygen atoms in total. The van der Waals surface area contributed by atoms with Crippen molar-refractivity contribution < 1.29 is 20.0 Å². The lowest BCUT2D eigenvalue weighted by Gasteiger charge is -2.39. The highest BCUT2D eigenvalue weighted by Crippen LogP contribution is 2.72. The third-order valence-electron chi connectivity index (χ3n) is 13.4. The summed E-state index contributed by atoms with van der Waals surface area (Å²) >= 11 is 0. The molecule has 4 saturated carbocycles. The van der Waals surface area contributed by atoms with Crippen molar-refractivity contribution >= 4 is 34.6 Å². The van der Waals surface area contributed by atoms with Gasteiger partial charge in [-0.2, -0.15) is 0 Å². The summed E-state index contributed by atoms with van der Waals surface area (Å²) in [4.78, 5) is 27.2. The van der Waals surface area contributed by atoms with Gasteiger partial charge in [0, 0.05) is 35.0 Å². The van der Waals surface area contributed by atoms with Gasteiger partial charge in [-0.3, -0.25) is 9.59 Å². The lowest BCUT2D eigenvalue weighted by atomic mass is 9.64. The molecule has 4 atom stereocenters. The van der Waals surface area contributed by atoms with Crippen LogP contribution in [0.3, 0.4) is 0 Å². The van der Waals surface area contributed by atoms with Crippen LogP contribution < -0.4 is 10.6 Å². The maximum atomic E-state index is 13.6. The predicted octanol–water partition coefficient (Wildman–Crippen LogP) is 7.25. The van der Waals surface area contributed by atoms with E-state index < -0.39 is 10.8 Å². The van der Waals surface area contributed by atoms with E-state index >= 15 is 0 Å². The second-order valence-corrected chi connectivity index (χ2v) is 15.0. The molecule has 2 aromatic carbocycles. The van der Waals surface area contributed by atoms with Gasteiger partial charge in [-0.25, -0.2) is 0 Å². The number of carbonyl (C=O) groups excluding carboxylic acids is 2. The van der Waals surface area contributed by atoms with Gasteiger partial charge in [-0.1, -0.05) is 76.1 Å². The number of benzene rings is 2. The molecule has 6 rings (SSSR count). The van der Waals surface area contributed by atoms with Crippen LogP contribution in [0.15, 0.2) is 58.8 Å². The summed E-state index contributed by atoms with van der Waals surface area (Å²) in [6.07, 6.45) is 4.95. The Morgan fingerprint density at radius 2 is 0.977 bits per heavy atom. The van der Waals surface area contributed by atoms with Crippen LogP contribution in [0, 0.1) is 32.5 Å². The van der Waals surface area contributed by atoms with Gasteiger partial charge in [-0.05, 0) is 78.3 Å². The van der Waals surface area contributed by atoms with Crippen LogP contribution in [-0.2, 0) is 16.0 Å². The Hall–Kier alpha value is -3.68. The van der Waals surface area contributed by atoms with Gasteiger partial charge < -0.3 is 21.0 Å². The topological polar surface area (TPSA) is 123 Å². The molecular formula is C35H44N4O4. The molecule has 43 heavy (non-hydrogen) atoms. The number of rotatable bonds is 6. The molecule has 228 valence electrons. The third kappa shape index (κ3) is 3.74. The van der Waals surface area contributed by atoms with Crippen LogP contribution in [0.4, 0.5) is 11.4 Å². The average Bonchev–Trinajstić information content (AvgIpc) is 3.47. The minimum absolute atomic E-state index is 0.00658. The summed E-state index contributed by atoms with van der Waals surface area (Å²) in [5.74, 6) is -0.0132. The van der Waals surface area contributed by atoms with Gasteiger partial charge in [0.15, 0.2) is 0 Å². The van der Waals surface area contributed by atoms with E-state index in [0.717, 1.165) is 66.0 Å². The van der Waals surface area contributed by atoms with Crippen LogP contribution >= 0.6 is 0 Å². The van der Waals surface area contributed by atoms with Crippen LogP contribution in [0.5, 0.6) is 0 Å². The summed E-state index contributed by atoms with van der Waals surface area (Å²) in [5, 5.41) is 32.7. The molecule has 0 aromatic heterocycles. The Kier molecular flexibility index (Phi) is 6.43. The number of nitrogens with zero attached hydrogens (tertiary/aromatic N) is 2. The number of hydrogen-bond donors (Lipinski definition) is 4. The smallest absolute Gasteiger partial charge is 0.231 e. The molecule has 0 saturated heterocycles. The van der Waals surface area contributed by atoms with Crippen molar-refractivity contribution in [1.29, 1.82) is 0 Å². The van der Waals surface area contributed by atoms with Crippen LogP contribution in [0.1, 0.15) is 91.2 Å². The number of anilines is 2. The first-order valence-corrected chi connectivity index (χ1v) is 15.4. The van der Waals surface area contributed by atoms with Crippen LogP contribution in [0.25, 0.3) is 0 Å². The number of amides is 2. The lowest BCUT2D eigenvalue weighted by molar-refractivity contribution is -0.131. The summed E-state index contributed by atoms with van der Waals surface area (Å²) in [5.41, 5.74) is 2.87. The molecule has 2 aromatic rings. The lowest BCUT2D eigenvalue weighted by Crippen LogP contribution is -2.43. The number of fused-ring (bicyclic) bond motifs is 4. The van der Waals surface area contributed by atoms with Crippen molar-refractivity contribution in [3.05, 3.63) is 59.7 Å². The summed E-state index contributed by atoms with van der Waals surface area (Å²) in [6, 6.07) is 15.9. The number of nitrogens with one attached hydrogen (secondary N) is 2. The zero-order valence-corrected chi connectivity index (χ0v) is 26.2. The van der Waals surface area contributed by atoms with E-state index in [-0.39, 0.29) is 33.5 Å². The van der Waals surface area contributed by atoms with Gasteiger partial charge in [-0.15, -0.1) is 0 Å². The largest absolute Gasteiger partial charge is 0.411 e. The maximum absolute atomic E-state index is 13.6. The molecule has 4 unspecified atom stereocenters. The molecular weight excluding hydrogens is 540 g/mol. The van der Waals surface area contributed by atoms with Crippen molar-refractivity contribution in [2.24, 2.45) is 42.8 Å². The number of oxime groups is 2. The zero-order chi connectivity index (χ0) is 31.1. The average molecular weight is 585 g/mol. The van der Waals surface area contributed by atoms with E-state index in [1.54, 1.807) is 0 Å². The molecule has 4 bridgehead atoms. The van der Waals surface area contributed by atoms with E-state index in [4.69, 9.17) is 0 Å². The Labute approximate surface area is 254 Å². The van der Waals surface area contributed by atoms with Gasteiger partial charge in [0.25, 0.3) is 0 Å². The second kappa shape index (κ2) is 9.41. The molecule has 0 aliphatic heterocycles. The predicted molar refractivity (Wildman–Crippen MR) is 168 cm³/mol. The first kappa shape index (κ1) is 29.4.